The number of alkyl halides is 2. The minimum Gasteiger partial charge on any atom is -0.507 e. The molecule has 6 heteroatoms. The Morgan fingerprint density at radius 1 is 1.00 bits per heavy atom. The van der Waals surface area contributed by atoms with Crippen LogP contribution in [0.3, 0.4) is 0 Å². The first kappa shape index (κ1) is 22.1. The third kappa shape index (κ3) is 4.79. The number of rotatable bonds is 4. The average molecular weight is 385 g/mol. The second-order valence-corrected chi connectivity index (χ2v) is 9.57. The fourth-order valence-electron chi connectivity index (χ4n) is 3.71. The average Bonchev–Trinajstić information content (AvgIpc) is 2.55. The first-order chi connectivity index (χ1) is 12.3. The van der Waals surface area contributed by atoms with Crippen LogP contribution in [0.2, 0.25) is 0 Å². The summed E-state index contributed by atoms with van der Waals surface area (Å²) in [5.41, 5.74) is 0.951. The molecule has 1 saturated heterocycles. The number of piperazine rings is 1. The summed E-state index contributed by atoms with van der Waals surface area (Å²) in [6.45, 7) is 12.8. The largest absolute Gasteiger partial charge is 0.507 e. The van der Waals surface area contributed by atoms with Crippen molar-refractivity contribution in [3.05, 3.63) is 28.8 Å². The molecule has 0 aromatic heterocycles. The van der Waals surface area contributed by atoms with Crippen LogP contribution in [-0.4, -0.2) is 53.8 Å². The number of aromatic hydroxyl groups is 1. The molecule has 1 atom stereocenters. The highest BCUT2D eigenvalue weighted by Gasteiger charge is 2.45. The van der Waals surface area contributed by atoms with Gasteiger partial charge in [0, 0.05) is 26.2 Å². The van der Waals surface area contributed by atoms with E-state index in [1.165, 1.54) is 0 Å². The van der Waals surface area contributed by atoms with Gasteiger partial charge >= 0.3 is 0 Å². The summed E-state index contributed by atoms with van der Waals surface area (Å²) < 4.78 is 29.7. The zero-order valence-electron chi connectivity index (χ0n) is 17.4. The molecule has 0 radical (unpaired) electrons. The third-order valence-electron chi connectivity index (χ3n) is 5.19. The second-order valence-electron chi connectivity index (χ2n) is 9.57. The minimum absolute atomic E-state index is 0.171. The van der Waals surface area contributed by atoms with Gasteiger partial charge in [-0.15, -0.1) is 0 Å². The number of benzene rings is 1. The normalized spacial score (nSPS) is 18.6. The quantitative estimate of drug-likeness (QED) is 0.743. The lowest BCUT2D eigenvalue weighted by atomic mass is 9.77. The number of aliphatic hydroxyl groups is 1. The Hall–Kier alpha value is -1.24. The number of hydrogen-bond acceptors (Lipinski definition) is 4. The summed E-state index contributed by atoms with van der Waals surface area (Å²) in [5.74, 6) is -3.11. The number of nitrogens with zero attached hydrogens (tertiary/aromatic N) is 1. The first-order valence-corrected chi connectivity index (χ1v) is 9.60. The molecule has 27 heavy (non-hydrogen) atoms. The SMILES string of the molecule is CC(C)(C)c1cc([C@@H](N2CCNCC2)C(F)(F)CO)cc(C(C)(C)C)c1O. The highest BCUT2D eigenvalue weighted by atomic mass is 19.3. The Balaban J connectivity index is 2.71. The fourth-order valence-corrected chi connectivity index (χ4v) is 3.71. The summed E-state index contributed by atoms with van der Waals surface area (Å²) in [4.78, 5) is 1.73. The maximum Gasteiger partial charge on any atom is 0.289 e. The molecule has 1 fully saturated rings. The molecule has 1 aromatic rings. The Labute approximate surface area is 161 Å². The van der Waals surface area contributed by atoms with Gasteiger partial charge in [-0.2, -0.15) is 0 Å². The standard InChI is InChI=1S/C21H34F2N2O2/c1-19(2,3)15-11-14(12-16(17(15)27)20(4,5)6)18(21(22,23)13-26)25-9-7-24-8-10-25/h11-12,18,24,26-27H,7-10,13H2,1-6H3/t18-/m1/s1. The molecular formula is C21H34F2N2O2. The van der Waals surface area contributed by atoms with Crippen LogP contribution in [0.15, 0.2) is 12.1 Å². The van der Waals surface area contributed by atoms with Gasteiger partial charge in [0.2, 0.25) is 0 Å². The molecule has 4 nitrogen and oxygen atoms in total. The van der Waals surface area contributed by atoms with Gasteiger partial charge in [-0.3, -0.25) is 4.90 Å². The van der Waals surface area contributed by atoms with Crippen LogP contribution in [0.1, 0.15) is 64.3 Å². The van der Waals surface area contributed by atoms with E-state index in [1.54, 1.807) is 17.0 Å². The molecule has 0 amide bonds. The van der Waals surface area contributed by atoms with E-state index in [4.69, 9.17) is 0 Å². The Morgan fingerprint density at radius 2 is 1.44 bits per heavy atom. The Kier molecular flexibility index (Phi) is 6.24. The van der Waals surface area contributed by atoms with Crippen LogP contribution in [-0.2, 0) is 10.8 Å². The van der Waals surface area contributed by atoms with Crippen molar-refractivity contribution < 1.29 is 19.0 Å². The molecule has 1 aromatic carbocycles. The lowest BCUT2D eigenvalue weighted by Gasteiger charge is -2.40. The van der Waals surface area contributed by atoms with Gasteiger partial charge in [-0.1, -0.05) is 41.5 Å². The van der Waals surface area contributed by atoms with Gasteiger partial charge in [0.05, 0.1) is 0 Å². The van der Waals surface area contributed by atoms with Crippen molar-refractivity contribution in [3.63, 3.8) is 0 Å². The summed E-state index contributed by atoms with van der Waals surface area (Å²) in [6.07, 6.45) is 0. The highest BCUT2D eigenvalue weighted by Crippen LogP contribution is 2.44. The van der Waals surface area contributed by atoms with Gasteiger partial charge < -0.3 is 15.5 Å². The van der Waals surface area contributed by atoms with Crippen LogP contribution in [0.4, 0.5) is 8.78 Å². The van der Waals surface area contributed by atoms with E-state index < -0.39 is 29.4 Å². The van der Waals surface area contributed by atoms with Gasteiger partial charge in [0.25, 0.3) is 5.92 Å². The summed E-state index contributed by atoms with van der Waals surface area (Å²) in [6, 6.07) is 2.16. The Bertz CT molecular complexity index is 622. The van der Waals surface area contributed by atoms with Crippen molar-refractivity contribution >= 4 is 0 Å². The molecule has 0 aliphatic carbocycles. The van der Waals surface area contributed by atoms with Crippen LogP contribution >= 0.6 is 0 Å². The van der Waals surface area contributed by atoms with Crippen LogP contribution in [0, 0.1) is 0 Å². The molecule has 1 aliphatic heterocycles. The molecule has 154 valence electrons. The van der Waals surface area contributed by atoms with Crippen molar-refractivity contribution in [1.29, 1.82) is 0 Å². The maximum atomic E-state index is 14.9. The predicted octanol–water partition coefficient (Wildman–Crippen LogP) is 3.56. The zero-order chi connectivity index (χ0) is 20.6. The zero-order valence-corrected chi connectivity index (χ0v) is 17.4. The molecular weight excluding hydrogens is 350 g/mol. The van der Waals surface area contributed by atoms with Gasteiger partial charge in [-0.05, 0) is 39.7 Å². The van der Waals surface area contributed by atoms with E-state index in [0.717, 1.165) is 0 Å². The number of phenolic OH excluding ortho intramolecular Hbond substituents is 1. The molecule has 3 N–H and O–H groups in total. The topological polar surface area (TPSA) is 55.7 Å². The fraction of sp³-hybridized carbons (Fsp3) is 0.714. The molecule has 1 heterocycles. The smallest absolute Gasteiger partial charge is 0.289 e. The lowest BCUT2D eigenvalue weighted by Crippen LogP contribution is -2.51. The van der Waals surface area contributed by atoms with E-state index >= 15 is 0 Å². The number of hydrogen-bond donors (Lipinski definition) is 3. The molecule has 0 saturated carbocycles. The van der Waals surface area contributed by atoms with E-state index in [-0.39, 0.29) is 5.75 Å². The molecule has 0 spiro atoms. The lowest BCUT2D eigenvalue weighted by molar-refractivity contribution is -0.118. The molecule has 2 rings (SSSR count). The third-order valence-corrected chi connectivity index (χ3v) is 5.19. The van der Waals surface area contributed by atoms with Gasteiger partial charge in [0.15, 0.2) is 0 Å². The maximum absolute atomic E-state index is 14.9. The van der Waals surface area contributed by atoms with E-state index in [0.29, 0.717) is 42.9 Å². The van der Waals surface area contributed by atoms with Crippen molar-refractivity contribution in [2.75, 3.05) is 32.8 Å². The monoisotopic (exact) mass is 384 g/mol. The van der Waals surface area contributed by atoms with Crippen molar-refractivity contribution in [2.45, 2.75) is 64.3 Å². The number of aliphatic hydroxyl groups excluding tert-OH is 1. The molecule has 0 unspecified atom stereocenters. The minimum atomic E-state index is -3.28. The molecule has 1 aliphatic rings. The van der Waals surface area contributed by atoms with E-state index in [1.807, 2.05) is 41.5 Å². The van der Waals surface area contributed by atoms with Crippen molar-refractivity contribution in [2.24, 2.45) is 0 Å². The predicted molar refractivity (Wildman–Crippen MR) is 105 cm³/mol. The van der Waals surface area contributed by atoms with Crippen LogP contribution in [0.5, 0.6) is 5.75 Å². The van der Waals surface area contributed by atoms with Crippen molar-refractivity contribution in [1.82, 2.24) is 10.2 Å². The van der Waals surface area contributed by atoms with E-state index in [2.05, 4.69) is 5.32 Å². The van der Waals surface area contributed by atoms with E-state index in [9.17, 15) is 19.0 Å². The van der Waals surface area contributed by atoms with Crippen molar-refractivity contribution in [3.8, 4) is 5.75 Å². The van der Waals surface area contributed by atoms with Gasteiger partial charge in [0.1, 0.15) is 18.4 Å². The van der Waals surface area contributed by atoms with Crippen LogP contribution < -0.4 is 5.32 Å². The number of halogens is 2. The highest BCUT2D eigenvalue weighted by molar-refractivity contribution is 5.51. The summed E-state index contributed by atoms with van der Waals surface area (Å²) in [5, 5.41) is 23.5. The van der Waals surface area contributed by atoms with Crippen LogP contribution in [0.25, 0.3) is 0 Å². The number of phenols is 1. The van der Waals surface area contributed by atoms with Gasteiger partial charge in [-0.25, -0.2) is 8.78 Å². The summed E-state index contributed by atoms with van der Waals surface area (Å²) >= 11 is 0. The summed E-state index contributed by atoms with van der Waals surface area (Å²) in [7, 11) is 0. The second kappa shape index (κ2) is 7.64. The number of nitrogens with one attached hydrogen (secondary N) is 1. The first-order valence-electron chi connectivity index (χ1n) is 9.60. The molecule has 0 bridgehead atoms. The Morgan fingerprint density at radius 3 is 1.81 bits per heavy atom.